The van der Waals surface area contributed by atoms with Crippen molar-refractivity contribution in [2.75, 3.05) is 24.6 Å². The highest BCUT2D eigenvalue weighted by molar-refractivity contribution is 7.99. The summed E-state index contributed by atoms with van der Waals surface area (Å²) in [6.07, 6.45) is 3.98. The van der Waals surface area contributed by atoms with Crippen molar-refractivity contribution in [3.05, 3.63) is 0 Å². The number of hydrogen-bond acceptors (Lipinski definition) is 3. The highest BCUT2D eigenvalue weighted by Crippen LogP contribution is 2.32. The third kappa shape index (κ3) is 4.47. The molecule has 106 valence electrons. The summed E-state index contributed by atoms with van der Waals surface area (Å²) in [6.45, 7) is 8.39. The highest BCUT2D eigenvalue weighted by Gasteiger charge is 2.37. The van der Waals surface area contributed by atoms with Crippen LogP contribution in [0.5, 0.6) is 0 Å². The fourth-order valence-corrected chi connectivity index (χ4v) is 3.31. The zero-order valence-corrected chi connectivity index (χ0v) is 12.9. The van der Waals surface area contributed by atoms with Crippen molar-refractivity contribution in [1.29, 1.82) is 0 Å². The Morgan fingerprint density at radius 1 is 1.39 bits per heavy atom. The Morgan fingerprint density at radius 2 is 2.06 bits per heavy atom. The van der Waals surface area contributed by atoms with Gasteiger partial charge in [-0.25, -0.2) is 0 Å². The van der Waals surface area contributed by atoms with Gasteiger partial charge in [0.05, 0.1) is 5.41 Å². The molecule has 3 nitrogen and oxygen atoms in total. The van der Waals surface area contributed by atoms with Crippen LogP contribution in [-0.2, 0) is 4.79 Å². The first-order chi connectivity index (χ1) is 8.64. The maximum absolute atomic E-state index is 12.4. The van der Waals surface area contributed by atoms with E-state index in [0.29, 0.717) is 6.04 Å². The van der Waals surface area contributed by atoms with Crippen LogP contribution in [0, 0.1) is 5.41 Å². The van der Waals surface area contributed by atoms with Crippen LogP contribution in [0.2, 0.25) is 0 Å². The van der Waals surface area contributed by atoms with E-state index in [9.17, 15) is 4.79 Å². The van der Waals surface area contributed by atoms with Gasteiger partial charge in [-0.3, -0.25) is 4.79 Å². The molecule has 1 saturated heterocycles. The van der Waals surface area contributed by atoms with Gasteiger partial charge in [-0.1, -0.05) is 13.8 Å². The Bertz CT molecular complexity index is 252. The molecule has 1 atom stereocenters. The molecule has 0 aliphatic carbocycles. The molecular formula is C14H28N2OS. The standard InChI is InChI=1S/C14H28N2OS/c1-4-14(7-9-15-10-8-14)13(17)16-12(3)6-11-18-5-2/h12,15H,4-11H2,1-3H3,(H,16,17). The van der Waals surface area contributed by atoms with Crippen molar-refractivity contribution < 1.29 is 4.79 Å². The van der Waals surface area contributed by atoms with Crippen LogP contribution >= 0.6 is 11.8 Å². The fraction of sp³-hybridized carbons (Fsp3) is 0.929. The summed E-state index contributed by atoms with van der Waals surface area (Å²) in [5.41, 5.74) is -0.114. The molecule has 1 rings (SSSR count). The van der Waals surface area contributed by atoms with Gasteiger partial charge in [0, 0.05) is 6.04 Å². The molecule has 2 N–H and O–H groups in total. The molecule has 0 aromatic rings. The predicted octanol–water partition coefficient (Wildman–Crippen LogP) is 2.41. The summed E-state index contributed by atoms with van der Waals surface area (Å²) in [5, 5.41) is 6.56. The molecule has 0 bridgehead atoms. The van der Waals surface area contributed by atoms with Gasteiger partial charge < -0.3 is 10.6 Å². The van der Waals surface area contributed by atoms with E-state index in [4.69, 9.17) is 0 Å². The molecule has 0 aromatic carbocycles. The largest absolute Gasteiger partial charge is 0.353 e. The minimum Gasteiger partial charge on any atom is -0.353 e. The predicted molar refractivity (Wildman–Crippen MR) is 80.0 cm³/mol. The van der Waals surface area contributed by atoms with Crippen molar-refractivity contribution in [2.24, 2.45) is 5.41 Å². The Labute approximate surface area is 116 Å². The third-order valence-electron chi connectivity index (χ3n) is 4.00. The summed E-state index contributed by atoms with van der Waals surface area (Å²) < 4.78 is 0. The van der Waals surface area contributed by atoms with Gasteiger partial charge in [-0.2, -0.15) is 11.8 Å². The molecule has 0 spiro atoms. The molecule has 1 amide bonds. The Balaban J connectivity index is 2.41. The molecule has 18 heavy (non-hydrogen) atoms. The molecule has 1 fully saturated rings. The topological polar surface area (TPSA) is 41.1 Å². The zero-order valence-electron chi connectivity index (χ0n) is 12.1. The average molecular weight is 272 g/mol. The van der Waals surface area contributed by atoms with Gasteiger partial charge in [-0.05, 0) is 57.2 Å². The summed E-state index contributed by atoms with van der Waals surface area (Å²) in [5.74, 6) is 2.57. The van der Waals surface area contributed by atoms with Crippen molar-refractivity contribution >= 4 is 17.7 Å². The number of rotatable bonds is 7. The zero-order chi connectivity index (χ0) is 13.4. The second-order valence-corrected chi connectivity index (χ2v) is 6.64. The fourth-order valence-electron chi connectivity index (χ4n) is 2.50. The number of amides is 1. The number of hydrogen-bond donors (Lipinski definition) is 2. The van der Waals surface area contributed by atoms with Crippen LogP contribution in [0.25, 0.3) is 0 Å². The lowest BCUT2D eigenvalue weighted by atomic mass is 9.75. The lowest BCUT2D eigenvalue weighted by Crippen LogP contribution is -2.49. The monoisotopic (exact) mass is 272 g/mol. The molecule has 0 aromatic heterocycles. The van der Waals surface area contributed by atoms with E-state index < -0.39 is 0 Å². The summed E-state index contributed by atoms with van der Waals surface area (Å²) >= 11 is 1.94. The van der Waals surface area contributed by atoms with Crippen LogP contribution in [0.1, 0.15) is 46.5 Å². The second-order valence-electron chi connectivity index (χ2n) is 5.24. The quantitative estimate of drug-likeness (QED) is 0.699. The van der Waals surface area contributed by atoms with Gasteiger partial charge in [0.1, 0.15) is 0 Å². The van der Waals surface area contributed by atoms with Crippen molar-refractivity contribution in [1.82, 2.24) is 10.6 Å². The molecule has 1 unspecified atom stereocenters. The minimum absolute atomic E-state index is 0.114. The molecule has 1 aliphatic rings. The van der Waals surface area contributed by atoms with Crippen molar-refractivity contribution in [2.45, 2.75) is 52.5 Å². The van der Waals surface area contributed by atoms with E-state index in [2.05, 4.69) is 31.4 Å². The van der Waals surface area contributed by atoms with E-state index in [-0.39, 0.29) is 11.3 Å². The second kappa shape index (κ2) is 8.05. The number of thioether (sulfide) groups is 1. The number of piperidine rings is 1. The molecule has 1 heterocycles. The van der Waals surface area contributed by atoms with Gasteiger partial charge in [0.15, 0.2) is 0 Å². The SMILES string of the molecule is CCSCCC(C)NC(=O)C1(CC)CCNCC1. The Hall–Kier alpha value is -0.220. The average Bonchev–Trinajstić information content (AvgIpc) is 2.39. The van der Waals surface area contributed by atoms with Gasteiger partial charge >= 0.3 is 0 Å². The first-order valence-electron chi connectivity index (χ1n) is 7.24. The molecule has 0 saturated carbocycles. The minimum atomic E-state index is -0.114. The van der Waals surface area contributed by atoms with Gasteiger partial charge in [0.25, 0.3) is 0 Å². The smallest absolute Gasteiger partial charge is 0.226 e. The molecular weight excluding hydrogens is 244 g/mol. The number of carbonyl (C=O) groups excluding carboxylic acids is 1. The Morgan fingerprint density at radius 3 is 2.61 bits per heavy atom. The van der Waals surface area contributed by atoms with Crippen LogP contribution in [-0.4, -0.2) is 36.5 Å². The van der Waals surface area contributed by atoms with Gasteiger partial charge in [0.2, 0.25) is 5.91 Å². The summed E-state index contributed by atoms with van der Waals surface area (Å²) in [7, 11) is 0. The Kier molecular flexibility index (Phi) is 7.08. The van der Waals surface area contributed by atoms with Crippen molar-refractivity contribution in [3.63, 3.8) is 0 Å². The number of nitrogens with one attached hydrogen (secondary N) is 2. The molecule has 0 radical (unpaired) electrons. The van der Waals surface area contributed by atoms with E-state index >= 15 is 0 Å². The molecule has 1 aliphatic heterocycles. The van der Waals surface area contributed by atoms with E-state index in [1.165, 1.54) is 0 Å². The van der Waals surface area contributed by atoms with Gasteiger partial charge in [-0.15, -0.1) is 0 Å². The van der Waals surface area contributed by atoms with Crippen LogP contribution in [0.3, 0.4) is 0 Å². The lowest BCUT2D eigenvalue weighted by Gasteiger charge is -2.36. The third-order valence-corrected chi connectivity index (χ3v) is 4.93. The highest BCUT2D eigenvalue weighted by atomic mass is 32.2. The summed E-state index contributed by atoms with van der Waals surface area (Å²) in [4.78, 5) is 12.4. The molecule has 4 heteroatoms. The van der Waals surface area contributed by atoms with E-state index in [1.54, 1.807) is 0 Å². The van der Waals surface area contributed by atoms with Crippen LogP contribution < -0.4 is 10.6 Å². The van der Waals surface area contributed by atoms with Crippen molar-refractivity contribution in [3.8, 4) is 0 Å². The maximum atomic E-state index is 12.4. The first-order valence-corrected chi connectivity index (χ1v) is 8.39. The maximum Gasteiger partial charge on any atom is 0.226 e. The lowest BCUT2D eigenvalue weighted by molar-refractivity contribution is -0.133. The van der Waals surface area contributed by atoms with E-state index in [0.717, 1.165) is 50.3 Å². The normalized spacial score (nSPS) is 20.4. The number of carbonyl (C=O) groups is 1. The summed E-state index contributed by atoms with van der Waals surface area (Å²) in [6, 6.07) is 0.301. The first kappa shape index (κ1) is 15.8. The van der Waals surface area contributed by atoms with E-state index in [1.807, 2.05) is 11.8 Å². The van der Waals surface area contributed by atoms with Crippen LogP contribution in [0.4, 0.5) is 0 Å². The van der Waals surface area contributed by atoms with Crippen LogP contribution in [0.15, 0.2) is 0 Å².